The van der Waals surface area contributed by atoms with Crippen molar-refractivity contribution in [2.24, 2.45) is 0 Å². The van der Waals surface area contributed by atoms with Crippen molar-refractivity contribution in [3.05, 3.63) is 93.0 Å². The molecule has 3 aromatic carbocycles. The highest BCUT2D eigenvalue weighted by Crippen LogP contribution is 2.47. The van der Waals surface area contributed by atoms with Crippen molar-refractivity contribution in [3.8, 4) is 0 Å². The molecular weight excluding hydrogens is 539 g/mol. The zero-order valence-electron chi connectivity index (χ0n) is 18.7. The normalized spacial score (nSPS) is 18.6. The Morgan fingerprint density at radius 1 is 1.00 bits per heavy atom. The molecule has 0 unspecified atom stereocenters. The fraction of sp³-hybridized carbons (Fsp3) is 0.200. The molecule has 0 radical (unpaired) electrons. The van der Waals surface area contributed by atoms with Gasteiger partial charge in [-0.15, -0.1) is 0 Å². The summed E-state index contributed by atoms with van der Waals surface area (Å²) in [5.41, 5.74) is -4.49. The van der Waals surface area contributed by atoms with E-state index in [0.717, 1.165) is 35.2 Å². The molecule has 3 N–H and O–H groups in total. The Hall–Kier alpha value is -3.18. The third-order valence-corrected chi connectivity index (χ3v) is 6.62. The van der Waals surface area contributed by atoms with Crippen molar-refractivity contribution in [2.45, 2.75) is 17.9 Å². The maximum Gasteiger partial charge on any atom is 0.284 e. The van der Waals surface area contributed by atoms with Crippen LogP contribution in [0.2, 0.25) is 10.0 Å². The lowest BCUT2D eigenvalue weighted by Crippen LogP contribution is -2.48. The number of hydrogen-bond acceptors (Lipinski definition) is 4. The third kappa shape index (κ3) is 4.89. The first-order chi connectivity index (χ1) is 17.4. The lowest BCUT2D eigenvalue weighted by atomic mass is 9.86. The number of fused-ring (bicyclic) bond motifs is 1. The number of carbonyl (C=O) groups excluding carboxylic acids is 2. The summed E-state index contributed by atoms with van der Waals surface area (Å²) in [7, 11) is 0. The topological polar surface area (TPSA) is 89.9 Å². The number of rotatable bonds is 4. The van der Waals surface area contributed by atoms with Crippen LogP contribution >= 0.6 is 23.2 Å². The summed E-state index contributed by atoms with van der Waals surface area (Å²) in [5.74, 6) is -7.48. The van der Waals surface area contributed by atoms with Gasteiger partial charge in [-0.1, -0.05) is 23.2 Å². The minimum absolute atomic E-state index is 0.0274. The van der Waals surface area contributed by atoms with Gasteiger partial charge in [0.1, 0.15) is 11.6 Å². The van der Waals surface area contributed by atoms with Crippen LogP contribution in [0.1, 0.15) is 32.7 Å². The van der Waals surface area contributed by atoms with Crippen LogP contribution in [0.15, 0.2) is 54.6 Å². The summed E-state index contributed by atoms with van der Waals surface area (Å²) in [4.78, 5) is 26.6. The standard InChI is InChI=1S/C25H18Cl2F4N2O4/c26-13-1-6-21-18(9-13)24(37,12-34)25(30,31)7-8-33(21)23(36)16-4-3-15(11-20(16)29)32-22(35)17-10-14(28)2-5-19(17)27/h1-6,9-11,34,37H,7-8,12H2,(H,32,35)/t24-/m0/s1. The number of halogens is 6. The quantitative estimate of drug-likeness (QED) is 0.376. The summed E-state index contributed by atoms with van der Waals surface area (Å²) in [6.45, 7) is -1.97. The molecule has 1 aliphatic rings. The third-order valence-electron chi connectivity index (χ3n) is 6.05. The smallest absolute Gasteiger partial charge is 0.284 e. The first kappa shape index (κ1) is 26.9. The van der Waals surface area contributed by atoms with Gasteiger partial charge >= 0.3 is 0 Å². The molecule has 2 amide bonds. The monoisotopic (exact) mass is 556 g/mol. The minimum atomic E-state index is -3.85. The van der Waals surface area contributed by atoms with E-state index in [1.807, 2.05) is 0 Å². The molecule has 194 valence electrons. The molecule has 1 atom stereocenters. The van der Waals surface area contributed by atoms with Crippen molar-refractivity contribution >= 4 is 46.4 Å². The largest absolute Gasteiger partial charge is 0.393 e. The fourth-order valence-corrected chi connectivity index (χ4v) is 4.42. The summed E-state index contributed by atoms with van der Waals surface area (Å²) in [6.07, 6.45) is -1.04. The highest BCUT2D eigenvalue weighted by molar-refractivity contribution is 6.34. The molecule has 0 fully saturated rings. The van der Waals surface area contributed by atoms with Gasteiger partial charge in [0.05, 0.1) is 28.4 Å². The molecule has 6 nitrogen and oxygen atoms in total. The number of carbonyl (C=O) groups is 2. The van der Waals surface area contributed by atoms with Crippen LogP contribution in [0.25, 0.3) is 0 Å². The van der Waals surface area contributed by atoms with Crippen LogP contribution in [0.4, 0.5) is 28.9 Å². The number of aliphatic hydroxyl groups is 2. The number of amides is 2. The Morgan fingerprint density at radius 2 is 1.73 bits per heavy atom. The molecule has 0 aromatic heterocycles. The number of aliphatic hydroxyl groups excluding tert-OH is 1. The van der Waals surface area contributed by atoms with Crippen molar-refractivity contribution in [1.82, 2.24) is 0 Å². The lowest BCUT2D eigenvalue weighted by Gasteiger charge is -2.33. The van der Waals surface area contributed by atoms with Gasteiger partial charge in [-0.2, -0.15) is 0 Å². The van der Waals surface area contributed by atoms with Crippen molar-refractivity contribution in [3.63, 3.8) is 0 Å². The predicted octanol–water partition coefficient (Wildman–Crippen LogP) is 5.39. The summed E-state index contributed by atoms with van der Waals surface area (Å²) in [5, 5.41) is 22.6. The van der Waals surface area contributed by atoms with Crippen molar-refractivity contribution < 1.29 is 37.4 Å². The molecule has 1 heterocycles. The van der Waals surface area contributed by atoms with E-state index in [-0.39, 0.29) is 27.0 Å². The van der Waals surface area contributed by atoms with Gasteiger partial charge in [-0.3, -0.25) is 9.59 Å². The second-order valence-corrected chi connectivity index (χ2v) is 9.21. The van der Waals surface area contributed by atoms with Gasteiger partial charge in [-0.05, 0) is 54.6 Å². The van der Waals surface area contributed by atoms with E-state index in [4.69, 9.17) is 23.2 Å². The first-order valence-electron chi connectivity index (χ1n) is 10.8. The number of nitrogens with zero attached hydrogens (tertiary/aromatic N) is 1. The molecule has 0 aliphatic carbocycles. The highest BCUT2D eigenvalue weighted by atomic mass is 35.5. The van der Waals surface area contributed by atoms with Crippen LogP contribution in [0.5, 0.6) is 0 Å². The van der Waals surface area contributed by atoms with Gasteiger partial charge in [0, 0.05) is 29.2 Å². The molecule has 0 saturated carbocycles. The van der Waals surface area contributed by atoms with E-state index in [2.05, 4.69) is 5.32 Å². The number of benzene rings is 3. The van der Waals surface area contributed by atoms with E-state index >= 15 is 4.39 Å². The van der Waals surface area contributed by atoms with Gasteiger partial charge in [-0.25, -0.2) is 17.6 Å². The first-order valence-corrected chi connectivity index (χ1v) is 11.5. The van der Waals surface area contributed by atoms with E-state index in [1.54, 1.807) is 0 Å². The summed E-state index contributed by atoms with van der Waals surface area (Å²) in [6, 6.07) is 9.74. The number of alkyl halides is 2. The second-order valence-electron chi connectivity index (χ2n) is 8.36. The van der Waals surface area contributed by atoms with Crippen LogP contribution in [-0.4, -0.2) is 41.1 Å². The second kappa shape index (κ2) is 9.94. The zero-order valence-corrected chi connectivity index (χ0v) is 20.3. The zero-order chi connectivity index (χ0) is 27.1. The Balaban J connectivity index is 1.67. The van der Waals surface area contributed by atoms with E-state index in [1.165, 1.54) is 24.3 Å². The minimum Gasteiger partial charge on any atom is -0.393 e. The van der Waals surface area contributed by atoms with Gasteiger partial charge in [0.2, 0.25) is 0 Å². The number of nitrogens with one attached hydrogen (secondary N) is 1. The maximum absolute atomic E-state index is 15.0. The van der Waals surface area contributed by atoms with Crippen LogP contribution in [0.3, 0.4) is 0 Å². The SMILES string of the molecule is O=C(Nc1ccc(C(=O)N2CCC(F)(F)[C@](O)(CO)c3cc(Cl)ccc32)c(F)c1)c1cc(F)ccc1Cl. The van der Waals surface area contributed by atoms with Crippen LogP contribution in [-0.2, 0) is 5.60 Å². The number of anilines is 2. The average molecular weight is 557 g/mol. The highest BCUT2D eigenvalue weighted by Gasteiger charge is 2.56. The van der Waals surface area contributed by atoms with E-state index < -0.39 is 65.7 Å². The summed E-state index contributed by atoms with van der Waals surface area (Å²) < 4.78 is 58.2. The predicted molar refractivity (Wildman–Crippen MR) is 129 cm³/mol. The Morgan fingerprint density at radius 3 is 2.41 bits per heavy atom. The van der Waals surface area contributed by atoms with E-state index in [9.17, 15) is 33.0 Å². The molecule has 3 aromatic rings. The van der Waals surface area contributed by atoms with Crippen molar-refractivity contribution in [2.75, 3.05) is 23.4 Å². The van der Waals surface area contributed by atoms with Crippen molar-refractivity contribution in [1.29, 1.82) is 0 Å². The number of hydrogen-bond donors (Lipinski definition) is 3. The molecule has 0 spiro atoms. The Kier molecular flexibility index (Phi) is 7.22. The molecule has 0 bridgehead atoms. The van der Waals surface area contributed by atoms with Crippen LogP contribution in [0, 0.1) is 11.6 Å². The molecule has 1 aliphatic heterocycles. The lowest BCUT2D eigenvalue weighted by molar-refractivity contribution is -0.205. The Bertz CT molecular complexity index is 1410. The fourth-order valence-electron chi connectivity index (χ4n) is 4.04. The molecule has 4 rings (SSSR count). The Labute approximate surface area is 218 Å². The molecule has 0 saturated heterocycles. The molecule has 37 heavy (non-hydrogen) atoms. The average Bonchev–Trinajstić information content (AvgIpc) is 2.93. The molecule has 12 heteroatoms. The van der Waals surface area contributed by atoms with Gasteiger partial charge < -0.3 is 20.4 Å². The molecular formula is C25H18Cl2F4N2O4. The van der Waals surface area contributed by atoms with E-state index in [0.29, 0.717) is 0 Å². The maximum atomic E-state index is 15.0. The van der Waals surface area contributed by atoms with Crippen LogP contribution < -0.4 is 10.2 Å². The van der Waals surface area contributed by atoms with Gasteiger partial charge in [0.15, 0.2) is 5.60 Å². The van der Waals surface area contributed by atoms with Gasteiger partial charge in [0.25, 0.3) is 17.7 Å². The summed E-state index contributed by atoms with van der Waals surface area (Å²) >= 11 is 11.8.